The van der Waals surface area contributed by atoms with Gasteiger partial charge in [0.1, 0.15) is 18.0 Å². The molecule has 8 heteroatoms. The second-order valence-electron chi connectivity index (χ2n) is 6.56. The lowest BCUT2D eigenvalue weighted by Gasteiger charge is -2.24. The Balaban J connectivity index is 1.74. The number of rotatable bonds is 10. The Morgan fingerprint density at radius 2 is 1.96 bits per heavy atom. The summed E-state index contributed by atoms with van der Waals surface area (Å²) in [6, 6.07) is 14.5. The molecule has 2 atom stereocenters. The lowest BCUT2D eigenvalue weighted by Crippen LogP contribution is -2.43. The highest BCUT2D eigenvalue weighted by atomic mass is 35.5. The first-order valence-corrected chi connectivity index (χ1v) is 9.96. The zero-order valence-electron chi connectivity index (χ0n) is 15.4. The van der Waals surface area contributed by atoms with Gasteiger partial charge >= 0.3 is 0 Å². The summed E-state index contributed by atoms with van der Waals surface area (Å²) in [5.74, 6) is 0.579. The van der Waals surface area contributed by atoms with Crippen LogP contribution in [-0.4, -0.2) is 46.2 Å². The number of halogens is 1. The Morgan fingerprint density at radius 1 is 1.26 bits per heavy atom. The summed E-state index contributed by atoms with van der Waals surface area (Å²) in [5, 5.41) is 14.4. The molecule has 0 aliphatic rings. The maximum Gasteiger partial charge on any atom is 0.261 e. The third kappa shape index (κ3) is 7.48. The van der Waals surface area contributed by atoms with Crippen molar-refractivity contribution in [2.75, 3.05) is 31.0 Å². The molecule has 0 amide bonds. The molecule has 0 aliphatic heterocycles. The van der Waals surface area contributed by atoms with Crippen LogP contribution in [0, 0.1) is 0 Å². The average Bonchev–Trinajstić information content (AvgIpc) is 2.63. The number of hydrogen-bond donors (Lipinski definition) is 3. The first-order chi connectivity index (χ1) is 12.8. The predicted molar refractivity (Wildman–Crippen MR) is 110 cm³/mol. The molecule has 2 unspecified atom stereocenters. The molecule has 0 radical (unpaired) electrons. The van der Waals surface area contributed by atoms with Crippen LogP contribution in [0.1, 0.15) is 12.5 Å². The maximum atomic E-state index is 11.0. The number of benzene rings is 2. The number of anilines is 1. The van der Waals surface area contributed by atoms with E-state index in [-0.39, 0.29) is 6.61 Å². The number of aliphatic hydroxyl groups is 1. The molecule has 148 valence electrons. The van der Waals surface area contributed by atoms with Crippen molar-refractivity contribution in [3.05, 3.63) is 59.1 Å². The van der Waals surface area contributed by atoms with E-state index in [1.165, 1.54) is 11.4 Å². The average molecular weight is 413 g/mol. The van der Waals surface area contributed by atoms with Crippen LogP contribution in [0.25, 0.3) is 0 Å². The van der Waals surface area contributed by atoms with Crippen LogP contribution in [0.2, 0.25) is 5.02 Å². The fraction of sp³-hybridized carbons (Fsp3) is 0.368. The zero-order valence-corrected chi connectivity index (χ0v) is 17.0. The maximum absolute atomic E-state index is 11.0. The van der Waals surface area contributed by atoms with Crippen molar-refractivity contribution < 1.29 is 18.6 Å². The number of hydrogen-bond acceptors (Lipinski definition) is 4. The van der Waals surface area contributed by atoms with E-state index in [4.69, 9.17) is 20.9 Å². The normalized spacial score (nSPS) is 14.4. The van der Waals surface area contributed by atoms with Crippen LogP contribution >= 0.6 is 11.6 Å². The topological polar surface area (TPSA) is 82.0 Å². The second-order valence-corrected chi connectivity index (χ2v) is 8.01. The molecule has 6 nitrogen and oxygen atoms in total. The molecule has 0 fully saturated rings. The van der Waals surface area contributed by atoms with Gasteiger partial charge in [0.15, 0.2) is 0 Å². The predicted octanol–water partition coefficient (Wildman–Crippen LogP) is 2.88. The molecule has 3 N–H and O–H groups in total. The summed E-state index contributed by atoms with van der Waals surface area (Å²) in [7, 11) is 1.52. The third-order valence-electron chi connectivity index (χ3n) is 3.97. The van der Waals surface area contributed by atoms with Crippen LogP contribution < -0.4 is 14.4 Å². The van der Waals surface area contributed by atoms with Gasteiger partial charge in [-0.1, -0.05) is 23.7 Å². The quantitative estimate of drug-likeness (QED) is 0.413. The fourth-order valence-electron chi connectivity index (χ4n) is 2.42. The van der Waals surface area contributed by atoms with Gasteiger partial charge in [-0.2, -0.15) is 0 Å². The minimum atomic E-state index is -2.07. The highest BCUT2D eigenvalue weighted by Gasteiger charge is 2.21. The molecule has 0 bridgehead atoms. The van der Waals surface area contributed by atoms with Gasteiger partial charge in [-0.25, -0.2) is 4.21 Å². The first-order valence-electron chi connectivity index (χ1n) is 8.52. The van der Waals surface area contributed by atoms with E-state index in [1.54, 1.807) is 31.2 Å². The van der Waals surface area contributed by atoms with E-state index >= 15 is 0 Å². The molecular weight excluding hydrogens is 388 g/mol. The van der Waals surface area contributed by atoms with Crippen molar-refractivity contribution >= 4 is 28.6 Å². The molecule has 0 aliphatic carbocycles. The highest BCUT2D eigenvalue weighted by molar-refractivity contribution is 7.80. The largest absolute Gasteiger partial charge is 0.491 e. The van der Waals surface area contributed by atoms with Crippen molar-refractivity contribution in [2.24, 2.45) is 0 Å². The van der Waals surface area contributed by atoms with Crippen LogP contribution in [0.4, 0.5) is 5.69 Å². The van der Waals surface area contributed by atoms with E-state index < -0.39 is 16.9 Å². The summed E-state index contributed by atoms with van der Waals surface area (Å²) >= 11 is 3.90. The highest BCUT2D eigenvalue weighted by Crippen LogP contribution is 2.20. The van der Waals surface area contributed by atoms with Gasteiger partial charge in [0.05, 0.1) is 5.69 Å². The van der Waals surface area contributed by atoms with E-state index in [0.717, 1.165) is 23.6 Å². The smallest absolute Gasteiger partial charge is 0.261 e. The molecule has 0 spiro atoms. The van der Waals surface area contributed by atoms with Gasteiger partial charge in [0, 0.05) is 18.6 Å². The molecule has 0 aromatic heterocycles. The van der Waals surface area contributed by atoms with Crippen LogP contribution in [0.5, 0.6) is 5.75 Å². The third-order valence-corrected chi connectivity index (χ3v) is 4.88. The first kappa shape index (κ1) is 21.7. The Hall–Kier alpha value is -1.64. The standard InChI is InChI=1S/C19H25ClN2O4S/c1-19(23,13-21-11-10-15-4-3-5-16(20)12-15)14-26-18-8-6-17(7-9-18)22(2)27(24)25/h3-9,12,21,23H,10-11,13-14H2,1-2H3,(H,24,25). The molecule has 0 saturated carbocycles. The van der Waals surface area contributed by atoms with Crippen molar-refractivity contribution in [1.82, 2.24) is 5.32 Å². The molecule has 2 aromatic rings. The Bertz CT molecular complexity index is 756. The fourth-order valence-corrected chi connectivity index (χ4v) is 2.93. The second kappa shape index (κ2) is 10.1. The zero-order chi connectivity index (χ0) is 19.9. The summed E-state index contributed by atoms with van der Waals surface area (Å²) in [5.41, 5.74) is 0.702. The molecule has 2 rings (SSSR count). The van der Waals surface area contributed by atoms with E-state index in [9.17, 15) is 9.32 Å². The minimum absolute atomic E-state index is 0.123. The Labute approximate surface area is 167 Å². The van der Waals surface area contributed by atoms with Gasteiger partial charge in [-0.15, -0.1) is 0 Å². The molecular formula is C19H25ClN2O4S. The van der Waals surface area contributed by atoms with Crippen LogP contribution in [-0.2, 0) is 17.7 Å². The van der Waals surface area contributed by atoms with Crippen molar-refractivity contribution in [3.63, 3.8) is 0 Å². The number of nitrogens with one attached hydrogen (secondary N) is 1. The van der Waals surface area contributed by atoms with Crippen molar-refractivity contribution in [3.8, 4) is 5.75 Å². The van der Waals surface area contributed by atoms with Crippen LogP contribution in [0.15, 0.2) is 48.5 Å². The van der Waals surface area contributed by atoms with Gasteiger partial charge in [0.25, 0.3) is 11.3 Å². The van der Waals surface area contributed by atoms with Crippen molar-refractivity contribution in [1.29, 1.82) is 0 Å². The van der Waals surface area contributed by atoms with Crippen molar-refractivity contribution in [2.45, 2.75) is 18.9 Å². The number of nitrogens with zero attached hydrogens (tertiary/aromatic N) is 1. The summed E-state index contributed by atoms with van der Waals surface area (Å²) in [6.45, 7) is 2.93. The van der Waals surface area contributed by atoms with Gasteiger partial charge in [0.2, 0.25) is 0 Å². The number of ether oxygens (including phenoxy) is 1. The molecule has 27 heavy (non-hydrogen) atoms. The monoisotopic (exact) mass is 412 g/mol. The Morgan fingerprint density at radius 3 is 2.59 bits per heavy atom. The van der Waals surface area contributed by atoms with Gasteiger partial charge < -0.3 is 15.2 Å². The lowest BCUT2D eigenvalue weighted by atomic mass is 10.1. The summed E-state index contributed by atoms with van der Waals surface area (Å²) in [4.78, 5) is 0. The summed E-state index contributed by atoms with van der Waals surface area (Å²) in [6.07, 6.45) is 0.818. The molecule has 0 heterocycles. The Kier molecular flexibility index (Phi) is 8.07. The van der Waals surface area contributed by atoms with E-state index in [1.807, 2.05) is 24.3 Å². The van der Waals surface area contributed by atoms with Gasteiger partial charge in [-0.3, -0.25) is 8.86 Å². The van der Waals surface area contributed by atoms with Gasteiger partial charge in [-0.05, 0) is 61.9 Å². The summed E-state index contributed by atoms with van der Waals surface area (Å²) < 4.78 is 27.0. The van der Waals surface area contributed by atoms with Crippen LogP contribution in [0.3, 0.4) is 0 Å². The minimum Gasteiger partial charge on any atom is -0.491 e. The van der Waals surface area contributed by atoms with E-state index in [2.05, 4.69) is 5.32 Å². The lowest BCUT2D eigenvalue weighted by molar-refractivity contribution is 0.0125. The SMILES string of the molecule is CN(c1ccc(OCC(C)(O)CNCCc2cccc(Cl)c2)cc1)S(=O)O. The molecule has 2 aromatic carbocycles. The van der Waals surface area contributed by atoms with E-state index in [0.29, 0.717) is 18.0 Å². The molecule has 0 saturated heterocycles.